The minimum absolute atomic E-state index is 0.431. The van der Waals surface area contributed by atoms with Crippen LogP contribution in [0.5, 0.6) is 5.75 Å². The summed E-state index contributed by atoms with van der Waals surface area (Å²) in [4.78, 5) is 16.3. The van der Waals surface area contributed by atoms with Crippen molar-refractivity contribution in [2.24, 2.45) is 0 Å². The molecule has 19 heavy (non-hydrogen) atoms. The molecule has 0 radical (unpaired) electrons. The van der Waals surface area contributed by atoms with Gasteiger partial charge in [-0.2, -0.15) is 0 Å². The fourth-order valence-corrected chi connectivity index (χ4v) is 1.88. The number of aromatic nitrogens is 2. The summed E-state index contributed by atoms with van der Waals surface area (Å²) in [6, 6.07) is 3.62. The summed E-state index contributed by atoms with van der Waals surface area (Å²) < 4.78 is 12.0. The maximum atomic E-state index is 12.1. The van der Waals surface area contributed by atoms with Crippen molar-refractivity contribution in [3.8, 4) is 5.75 Å². The molecule has 2 rings (SSSR count). The quantitative estimate of drug-likeness (QED) is 0.792. The van der Waals surface area contributed by atoms with Gasteiger partial charge < -0.3 is 9.47 Å². The van der Waals surface area contributed by atoms with Crippen LogP contribution in [-0.2, 0) is 4.74 Å². The average Bonchev–Trinajstić information content (AvgIpc) is 2.72. The Bertz CT molecular complexity index is 623. The molecule has 5 nitrogen and oxygen atoms in total. The van der Waals surface area contributed by atoms with Crippen LogP contribution in [0.25, 0.3) is 11.0 Å². The first-order valence-corrected chi connectivity index (χ1v) is 6.07. The van der Waals surface area contributed by atoms with Gasteiger partial charge in [0.1, 0.15) is 17.7 Å². The topological polar surface area (TPSA) is 53.4 Å². The Morgan fingerprint density at radius 2 is 2.00 bits per heavy atom. The van der Waals surface area contributed by atoms with Crippen LogP contribution < -0.4 is 4.74 Å². The molecule has 0 atom stereocenters. The minimum Gasteiger partial charge on any atom is -0.496 e. The molecule has 102 valence electrons. The number of aryl methyl sites for hydroxylation is 1. The number of carbonyl (C=O) groups is 1. The third kappa shape index (κ3) is 2.54. The molecule has 5 heteroatoms. The Hall–Kier alpha value is -2.04. The number of imidazole rings is 1. The normalized spacial score (nSPS) is 11.6. The number of methoxy groups -OCH3 is 1. The number of hydrogen-bond donors (Lipinski definition) is 0. The van der Waals surface area contributed by atoms with Crippen LogP contribution in [0.15, 0.2) is 18.5 Å². The van der Waals surface area contributed by atoms with Crippen molar-refractivity contribution in [2.45, 2.75) is 33.3 Å². The largest absolute Gasteiger partial charge is 0.496 e. The summed E-state index contributed by atoms with van der Waals surface area (Å²) in [7, 11) is 1.61. The lowest BCUT2D eigenvalue weighted by Gasteiger charge is -2.19. The summed E-state index contributed by atoms with van der Waals surface area (Å²) in [5, 5.41) is 0. The van der Waals surface area contributed by atoms with E-state index in [0.29, 0.717) is 5.52 Å². The number of benzene rings is 1. The molecule has 0 bridgehead atoms. The molecule has 0 aliphatic rings. The lowest BCUT2D eigenvalue weighted by atomic mass is 10.2. The van der Waals surface area contributed by atoms with Crippen molar-refractivity contribution >= 4 is 17.1 Å². The van der Waals surface area contributed by atoms with Gasteiger partial charge in [-0.05, 0) is 39.8 Å². The molecule has 0 fully saturated rings. The highest BCUT2D eigenvalue weighted by Crippen LogP contribution is 2.26. The first kappa shape index (κ1) is 13.4. The van der Waals surface area contributed by atoms with Crippen LogP contribution in [-0.4, -0.2) is 28.4 Å². The van der Waals surface area contributed by atoms with E-state index in [4.69, 9.17) is 9.47 Å². The van der Waals surface area contributed by atoms with E-state index in [0.717, 1.165) is 16.8 Å². The third-order valence-corrected chi connectivity index (χ3v) is 2.73. The lowest BCUT2D eigenvalue weighted by Crippen LogP contribution is -2.26. The van der Waals surface area contributed by atoms with E-state index in [-0.39, 0.29) is 0 Å². The molecule has 0 unspecified atom stereocenters. The van der Waals surface area contributed by atoms with E-state index in [1.165, 1.54) is 10.9 Å². The van der Waals surface area contributed by atoms with Crippen molar-refractivity contribution in [1.82, 2.24) is 9.55 Å². The molecule has 0 spiro atoms. The number of hydrogen-bond acceptors (Lipinski definition) is 4. The molecular formula is C14H18N2O3. The number of rotatable bonds is 1. The SMILES string of the molecule is COc1ccc2c(ncn2C(=O)OC(C)(C)C)c1C. The Kier molecular flexibility index (Phi) is 3.22. The molecule has 2 aromatic rings. The number of nitrogens with zero attached hydrogens (tertiary/aromatic N) is 2. The zero-order valence-electron chi connectivity index (χ0n) is 11.9. The highest BCUT2D eigenvalue weighted by atomic mass is 16.6. The average molecular weight is 262 g/mol. The van der Waals surface area contributed by atoms with E-state index in [9.17, 15) is 4.79 Å². The van der Waals surface area contributed by atoms with E-state index < -0.39 is 11.7 Å². The fourth-order valence-electron chi connectivity index (χ4n) is 1.88. The van der Waals surface area contributed by atoms with E-state index >= 15 is 0 Å². The molecule has 0 saturated heterocycles. The van der Waals surface area contributed by atoms with Crippen molar-refractivity contribution in [3.63, 3.8) is 0 Å². The fraction of sp³-hybridized carbons (Fsp3) is 0.429. The zero-order chi connectivity index (χ0) is 14.2. The van der Waals surface area contributed by atoms with Gasteiger partial charge in [0.2, 0.25) is 0 Å². The Labute approximate surface area is 112 Å². The molecular weight excluding hydrogens is 244 g/mol. The lowest BCUT2D eigenvalue weighted by molar-refractivity contribution is 0.0543. The molecule has 0 aliphatic heterocycles. The molecule has 0 N–H and O–H groups in total. The molecule has 0 saturated carbocycles. The van der Waals surface area contributed by atoms with Gasteiger partial charge in [0.05, 0.1) is 18.1 Å². The van der Waals surface area contributed by atoms with Gasteiger partial charge in [-0.25, -0.2) is 14.3 Å². The second kappa shape index (κ2) is 4.57. The summed E-state index contributed by atoms with van der Waals surface area (Å²) in [6.07, 6.45) is 1.05. The summed E-state index contributed by atoms with van der Waals surface area (Å²) in [6.45, 7) is 7.41. The van der Waals surface area contributed by atoms with Gasteiger partial charge in [-0.3, -0.25) is 0 Å². The zero-order valence-corrected chi connectivity index (χ0v) is 11.9. The standard InChI is InChI=1S/C14H18N2O3/c1-9-11(18-5)7-6-10-12(9)15-8-16(10)13(17)19-14(2,3)4/h6-8H,1-5H3. The second-order valence-electron chi connectivity index (χ2n) is 5.36. The molecule has 1 heterocycles. The summed E-state index contributed by atoms with van der Waals surface area (Å²) >= 11 is 0. The molecule has 0 aliphatic carbocycles. The first-order chi connectivity index (χ1) is 8.83. The van der Waals surface area contributed by atoms with Gasteiger partial charge in [-0.1, -0.05) is 0 Å². The smallest absolute Gasteiger partial charge is 0.420 e. The number of fused-ring (bicyclic) bond motifs is 1. The van der Waals surface area contributed by atoms with Gasteiger partial charge in [0, 0.05) is 5.56 Å². The highest BCUT2D eigenvalue weighted by molar-refractivity contribution is 5.89. The Morgan fingerprint density at radius 1 is 1.32 bits per heavy atom. The van der Waals surface area contributed by atoms with Gasteiger partial charge in [0.15, 0.2) is 0 Å². The van der Waals surface area contributed by atoms with Crippen LogP contribution >= 0.6 is 0 Å². The van der Waals surface area contributed by atoms with Crippen molar-refractivity contribution in [3.05, 3.63) is 24.0 Å². The third-order valence-electron chi connectivity index (χ3n) is 2.73. The summed E-state index contributed by atoms with van der Waals surface area (Å²) in [5.41, 5.74) is 1.83. The van der Waals surface area contributed by atoms with Crippen LogP contribution in [0.2, 0.25) is 0 Å². The summed E-state index contributed by atoms with van der Waals surface area (Å²) in [5.74, 6) is 0.752. The number of ether oxygens (including phenoxy) is 2. The van der Waals surface area contributed by atoms with Crippen molar-refractivity contribution in [2.75, 3.05) is 7.11 Å². The van der Waals surface area contributed by atoms with Crippen molar-refractivity contribution < 1.29 is 14.3 Å². The maximum absolute atomic E-state index is 12.1. The van der Waals surface area contributed by atoms with Crippen LogP contribution in [0.1, 0.15) is 26.3 Å². The molecule has 1 aromatic carbocycles. The Morgan fingerprint density at radius 3 is 2.58 bits per heavy atom. The predicted octanol–water partition coefficient (Wildman–Crippen LogP) is 3.14. The Balaban J connectivity index is 2.47. The maximum Gasteiger partial charge on any atom is 0.420 e. The molecule has 1 aromatic heterocycles. The van der Waals surface area contributed by atoms with Crippen LogP contribution in [0.3, 0.4) is 0 Å². The monoisotopic (exact) mass is 262 g/mol. The van der Waals surface area contributed by atoms with E-state index in [1.54, 1.807) is 13.2 Å². The van der Waals surface area contributed by atoms with Crippen molar-refractivity contribution in [1.29, 1.82) is 0 Å². The van der Waals surface area contributed by atoms with Gasteiger partial charge in [0.25, 0.3) is 0 Å². The van der Waals surface area contributed by atoms with Gasteiger partial charge >= 0.3 is 6.09 Å². The van der Waals surface area contributed by atoms with E-state index in [2.05, 4.69) is 4.98 Å². The molecule has 0 amide bonds. The predicted molar refractivity (Wildman–Crippen MR) is 72.7 cm³/mol. The van der Waals surface area contributed by atoms with E-state index in [1.807, 2.05) is 33.8 Å². The van der Waals surface area contributed by atoms with Crippen LogP contribution in [0.4, 0.5) is 4.79 Å². The minimum atomic E-state index is -0.533. The first-order valence-electron chi connectivity index (χ1n) is 6.07. The highest BCUT2D eigenvalue weighted by Gasteiger charge is 2.20. The van der Waals surface area contributed by atoms with Gasteiger partial charge in [-0.15, -0.1) is 0 Å². The van der Waals surface area contributed by atoms with Crippen LogP contribution in [0, 0.1) is 6.92 Å². The second-order valence-corrected chi connectivity index (χ2v) is 5.36. The number of carbonyl (C=O) groups excluding carboxylic acids is 1.